The van der Waals surface area contributed by atoms with Gasteiger partial charge in [-0.1, -0.05) is 189 Å². The minimum atomic E-state index is -0.438. The van der Waals surface area contributed by atoms with Crippen molar-refractivity contribution in [1.29, 1.82) is 0 Å². The van der Waals surface area contributed by atoms with E-state index in [9.17, 15) is 0 Å². The Hall–Kier alpha value is -6.96. The van der Waals surface area contributed by atoms with Crippen LogP contribution in [0.5, 0.6) is 0 Å². The van der Waals surface area contributed by atoms with Crippen molar-refractivity contribution < 1.29 is 0 Å². The number of rotatable bonds is 11. The van der Waals surface area contributed by atoms with Crippen molar-refractivity contribution in [2.45, 2.75) is 33.1 Å². The molecule has 1 unspecified atom stereocenters. The molecule has 0 N–H and O–H groups in total. The summed E-state index contributed by atoms with van der Waals surface area (Å²) < 4.78 is 0. The summed E-state index contributed by atoms with van der Waals surface area (Å²) in [6.07, 6.45) is 20.0. The Balaban J connectivity index is 1.34. The maximum atomic E-state index is 4.85. The molecule has 1 heteroatoms. The number of benzene rings is 7. The maximum Gasteiger partial charge on any atom is 0.0643 e. The first-order valence-corrected chi connectivity index (χ1v) is 20.3. The van der Waals surface area contributed by atoms with E-state index in [4.69, 9.17) is 6.58 Å². The molecule has 0 radical (unpaired) electrons. The summed E-state index contributed by atoms with van der Waals surface area (Å²) in [4.78, 5) is 2.33. The van der Waals surface area contributed by atoms with Crippen LogP contribution in [0.2, 0.25) is 0 Å². The minimum Gasteiger partial charge on any atom is -0.310 e. The fourth-order valence-electron chi connectivity index (χ4n) is 8.73. The third-order valence-corrected chi connectivity index (χ3v) is 11.4. The van der Waals surface area contributed by atoms with Gasteiger partial charge in [-0.15, -0.1) is 0 Å². The van der Waals surface area contributed by atoms with E-state index in [0.29, 0.717) is 0 Å². The van der Waals surface area contributed by atoms with Crippen molar-refractivity contribution in [3.63, 3.8) is 0 Å². The lowest BCUT2D eigenvalue weighted by atomic mass is 9.70. The van der Waals surface area contributed by atoms with Crippen LogP contribution >= 0.6 is 0 Å². The molecule has 1 nitrogen and oxygen atoms in total. The van der Waals surface area contributed by atoms with E-state index in [0.717, 1.165) is 33.8 Å². The maximum absolute atomic E-state index is 4.85. The number of anilines is 2. The van der Waals surface area contributed by atoms with Crippen LogP contribution < -0.4 is 4.90 Å². The van der Waals surface area contributed by atoms with E-state index < -0.39 is 5.41 Å². The van der Waals surface area contributed by atoms with Gasteiger partial charge in [0, 0.05) is 16.9 Å². The predicted octanol–water partition coefficient (Wildman–Crippen LogP) is 15.8. The van der Waals surface area contributed by atoms with Crippen LogP contribution in [0.1, 0.15) is 49.9 Å². The number of hydrogen-bond donors (Lipinski definition) is 0. The molecule has 7 aromatic rings. The molecule has 282 valence electrons. The summed E-state index contributed by atoms with van der Waals surface area (Å²) in [6.45, 7) is 13.3. The Morgan fingerprint density at radius 2 is 1.24 bits per heavy atom. The Morgan fingerprint density at radius 1 is 0.569 bits per heavy atom. The third kappa shape index (κ3) is 6.90. The van der Waals surface area contributed by atoms with Crippen molar-refractivity contribution in [3.05, 3.63) is 253 Å². The standard InChI is InChI=1S/C57H49N/c1-6-20-42(8-3)46-35-37-56(54(38-46)43-22-12-10-13-23-43)58(50-36-34-45-33-32-44-24-16-17-27-51(44)53(45)39-50)41(5)30-31-47-40-57(48(9-4)21-7-2,49-25-14-11-15-26-49)55-29-19-18-28-52(47)55/h6-40H,5H2,1-4H3/b20-6-,21-7-,31-30-,42-8+,48-9+. The summed E-state index contributed by atoms with van der Waals surface area (Å²) in [5, 5.41) is 4.87. The largest absolute Gasteiger partial charge is 0.310 e. The zero-order chi connectivity index (χ0) is 40.1. The number of nitrogens with zero attached hydrogens (tertiary/aromatic N) is 1. The Kier molecular flexibility index (Phi) is 10.9. The van der Waals surface area contributed by atoms with E-state index in [1.54, 1.807) is 0 Å². The van der Waals surface area contributed by atoms with Crippen molar-refractivity contribution in [3.8, 4) is 11.1 Å². The summed E-state index contributed by atoms with van der Waals surface area (Å²) in [5.41, 5.74) is 13.3. The molecular weight excluding hydrogens is 699 g/mol. The molecule has 0 saturated heterocycles. The average Bonchev–Trinajstić information content (AvgIpc) is 3.62. The van der Waals surface area contributed by atoms with E-state index in [-0.39, 0.29) is 0 Å². The average molecular weight is 748 g/mol. The smallest absolute Gasteiger partial charge is 0.0643 e. The van der Waals surface area contributed by atoms with Crippen LogP contribution in [0.3, 0.4) is 0 Å². The zero-order valence-corrected chi connectivity index (χ0v) is 33.9. The molecule has 0 heterocycles. The van der Waals surface area contributed by atoms with Gasteiger partial charge in [0.2, 0.25) is 0 Å². The van der Waals surface area contributed by atoms with E-state index in [1.807, 2.05) is 0 Å². The molecule has 1 aliphatic rings. The van der Waals surface area contributed by atoms with Crippen molar-refractivity contribution in [1.82, 2.24) is 0 Å². The highest BCUT2D eigenvalue weighted by Gasteiger charge is 2.41. The van der Waals surface area contributed by atoms with Gasteiger partial charge >= 0.3 is 0 Å². The predicted molar refractivity (Wildman–Crippen MR) is 252 cm³/mol. The van der Waals surface area contributed by atoms with Crippen LogP contribution in [0.25, 0.3) is 43.8 Å². The molecule has 0 aromatic heterocycles. The second-order valence-corrected chi connectivity index (χ2v) is 14.8. The molecule has 1 aliphatic carbocycles. The van der Waals surface area contributed by atoms with Crippen LogP contribution in [0, 0.1) is 0 Å². The molecular formula is C57H49N. The summed E-state index contributed by atoms with van der Waals surface area (Å²) in [7, 11) is 0. The molecule has 0 bridgehead atoms. The summed E-state index contributed by atoms with van der Waals surface area (Å²) in [6, 6.07) is 57.2. The number of fused-ring (bicyclic) bond motifs is 4. The van der Waals surface area contributed by atoms with Gasteiger partial charge in [-0.25, -0.2) is 0 Å². The van der Waals surface area contributed by atoms with Gasteiger partial charge < -0.3 is 4.90 Å². The number of allylic oxidation sites excluding steroid dienone is 12. The number of hydrogen-bond acceptors (Lipinski definition) is 1. The topological polar surface area (TPSA) is 3.24 Å². The SMILES string of the molecule is C=C(/C=C\C1=CC(C(/C=C\C)=C/C)(c2ccccc2)c2ccccc21)N(c1ccc2ccc3ccccc3c2c1)c1ccc(C(/C=C\C)=C/C)cc1-c1ccccc1. The highest BCUT2D eigenvalue weighted by atomic mass is 15.1. The molecule has 0 amide bonds. The highest BCUT2D eigenvalue weighted by molar-refractivity contribution is 6.09. The molecule has 1 atom stereocenters. The molecule has 0 spiro atoms. The van der Waals surface area contributed by atoms with Gasteiger partial charge in [0.25, 0.3) is 0 Å². The quantitative estimate of drug-likeness (QED) is 0.0941. The van der Waals surface area contributed by atoms with Gasteiger partial charge in [0.05, 0.1) is 11.1 Å². The Morgan fingerprint density at radius 3 is 1.98 bits per heavy atom. The van der Waals surface area contributed by atoms with Crippen LogP contribution in [0.4, 0.5) is 11.4 Å². The normalized spacial score (nSPS) is 15.8. The highest BCUT2D eigenvalue weighted by Crippen LogP contribution is 2.51. The monoisotopic (exact) mass is 747 g/mol. The molecule has 8 rings (SSSR count). The second-order valence-electron chi connectivity index (χ2n) is 14.8. The van der Waals surface area contributed by atoms with Crippen LogP contribution in [-0.4, -0.2) is 0 Å². The van der Waals surface area contributed by atoms with Gasteiger partial charge in [0.1, 0.15) is 0 Å². The van der Waals surface area contributed by atoms with Crippen molar-refractivity contribution in [2.75, 3.05) is 4.90 Å². The fraction of sp³-hybridized carbons (Fsp3) is 0.0877. The summed E-state index contributed by atoms with van der Waals surface area (Å²) in [5.74, 6) is 0. The van der Waals surface area contributed by atoms with E-state index in [1.165, 1.54) is 54.9 Å². The molecule has 0 aliphatic heterocycles. The Bertz CT molecular complexity index is 2820. The van der Waals surface area contributed by atoms with Gasteiger partial charge in [-0.2, -0.15) is 0 Å². The van der Waals surface area contributed by atoms with Gasteiger partial charge in [-0.3, -0.25) is 0 Å². The zero-order valence-electron chi connectivity index (χ0n) is 33.9. The molecule has 0 fully saturated rings. The first kappa shape index (κ1) is 37.9. The molecule has 58 heavy (non-hydrogen) atoms. The fourth-order valence-corrected chi connectivity index (χ4v) is 8.73. The van der Waals surface area contributed by atoms with Crippen molar-refractivity contribution >= 4 is 44.1 Å². The summed E-state index contributed by atoms with van der Waals surface area (Å²) >= 11 is 0. The molecule has 0 saturated carbocycles. The van der Waals surface area contributed by atoms with E-state index >= 15 is 0 Å². The van der Waals surface area contributed by atoms with Crippen LogP contribution in [-0.2, 0) is 5.41 Å². The van der Waals surface area contributed by atoms with Gasteiger partial charge in [0.15, 0.2) is 0 Å². The molecule has 7 aromatic carbocycles. The lowest BCUT2D eigenvalue weighted by Crippen LogP contribution is -2.25. The Labute approximate surface area is 344 Å². The first-order valence-electron chi connectivity index (χ1n) is 20.3. The lowest BCUT2D eigenvalue weighted by Gasteiger charge is -2.31. The van der Waals surface area contributed by atoms with Crippen molar-refractivity contribution in [2.24, 2.45) is 0 Å². The van der Waals surface area contributed by atoms with Crippen LogP contribution in [0.15, 0.2) is 230 Å². The lowest BCUT2D eigenvalue weighted by molar-refractivity contribution is 0.790. The minimum absolute atomic E-state index is 0.438. The van der Waals surface area contributed by atoms with E-state index in [2.05, 4.69) is 245 Å². The third-order valence-electron chi connectivity index (χ3n) is 11.4. The first-order chi connectivity index (χ1) is 28.5. The second kappa shape index (κ2) is 16.6. The van der Waals surface area contributed by atoms with Gasteiger partial charge in [-0.05, 0) is 124 Å².